The number of aromatic amines is 1. The fourth-order valence-corrected chi connectivity index (χ4v) is 7.68. The number of phosphoric ester groups is 1. The Labute approximate surface area is 249 Å². The minimum absolute atomic E-state index is 0.0597. The molecule has 7 heterocycles. The van der Waals surface area contributed by atoms with Crippen molar-refractivity contribution in [3.8, 4) is 0 Å². The molecule has 0 amide bonds. The molecule has 2 bridgehead atoms. The predicted octanol–water partition coefficient (Wildman–Crippen LogP) is -0.219. The number of alkyl halides is 1. The Morgan fingerprint density at radius 2 is 1.91 bits per heavy atom. The highest BCUT2D eigenvalue weighted by Crippen LogP contribution is 2.54. The molecule has 0 saturated carbocycles. The van der Waals surface area contributed by atoms with Crippen LogP contribution in [0.2, 0.25) is 0 Å². The van der Waals surface area contributed by atoms with Gasteiger partial charge in [0.1, 0.15) is 36.1 Å². The van der Waals surface area contributed by atoms with Crippen molar-refractivity contribution in [2.75, 3.05) is 24.7 Å². The van der Waals surface area contributed by atoms with E-state index >= 15 is 4.39 Å². The number of nitrogen functional groups attached to an aromatic ring is 2. The highest BCUT2D eigenvalue weighted by atomic mass is 32.5. The Morgan fingerprint density at radius 3 is 2.73 bits per heavy atom. The second kappa shape index (κ2) is 10.8. The number of aromatic nitrogens is 8. The normalized spacial score (nSPS) is 36.6. The number of hydrogen-bond acceptors (Lipinski definition) is 16. The number of H-pyrrole nitrogens is 1. The van der Waals surface area contributed by atoms with Crippen LogP contribution in [0.5, 0.6) is 0 Å². The molecule has 4 aromatic heterocycles. The van der Waals surface area contributed by atoms with Crippen molar-refractivity contribution in [3.05, 3.63) is 28.9 Å². The van der Waals surface area contributed by atoms with Gasteiger partial charge in [0.15, 0.2) is 29.8 Å². The van der Waals surface area contributed by atoms with Gasteiger partial charge < -0.3 is 44.3 Å². The van der Waals surface area contributed by atoms with Crippen LogP contribution in [0.3, 0.4) is 0 Å². The fraction of sp³-hybridized carbons (Fsp3) is 0.500. The lowest BCUT2D eigenvalue weighted by Gasteiger charge is -2.26. The molecule has 236 valence electrons. The summed E-state index contributed by atoms with van der Waals surface area (Å²) in [6.45, 7) is -5.30. The summed E-state index contributed by atoms with van der Waals surface area (Å²) >= 11 is 5.23. The van der Waals surface area contributed by atoms with Crippen molar-refractivity contribution in [2.45, 2.75) is 49.5 Å². The highest BCUT2D eigenvalue weighted by Gasteiger charge is 2.52. The Hall–Kier alpha value is -3.01. The van der Waals surface area contributed by atoms with Crippen LogP contribution in [-0.4, -0.2) is 93.1 Å². The van der Waals surface area contributed by atoms with Crippen molar-refractivity contribution < 1.29 is 46.3 Å². The topological polar surface area (TPSA) is 272 Å². The van der Waals surface area contributed by atoms with Gasteiger partial charge in [0, 0.05) is 12.6 Å². The number of phosphoric acid groups is 1. The molecule has 3 saturated heterocycles. The molecule has 3 fully saturated rings. The third-order valence-corrected chi connectivity index (χ3v) is 9.74. The molecular formula is C20H23FN10O10P2S. The van der Waals surface area contributed by atoms with E-state index in [1.54, 1.807) is 6.07 Å². The van der Waals surface area contributed by atoms with Crippen LogP contribution in [0.15, 0.2) is 23.4 Å². The Bertz CT molecular complexity index is 1910. The SMILES string of the molecule is Nc1nc2c(nnn2[C@@H]2O[C@@H]3COP(=O)(O)O[C@H]4[C@H](F)[C@H](n5ccc6c(N)ncnc65)O[C@@H]4COP(O)(=S)O[C@@H]2C3)c(=O)[nH]1. The van der Waals surface area contributed by atoms with E-state index in [4.69, 9.17) is 50.8 Å². The molecule has 44 heavy (non-hydrogen) atoms. The van der Waals surface area contributed by atoms with Gasteiger partial charge in [-0.2, -0.15) is 9.67 Å². The van der Waals surface area contributed by atoms with Crippen molar-refractivity contribution >= 4 is 60.3 Å². The number of hydrogen-bond donors (Lipinski definition) is 5. The lowest BCUT2D eigenvalue weighted by molar-refractivity contribution is -0.0665. The average Bonchev–Trinajstić information content (AvgIpc) is 3.72. The molecule has 3 aliphatic rings. The van der Waals surface area contributed by atoms with Gasteiger partial charge in [0.05, 0.1) is 24.7 Å². The van der Waals surface area contributed by atoms with Crippen LogP contribution < -0.4 is 17.0 Å². The molecule has 0 aromatic carbocycles. The zero-order valence-corrected chi connectivity index (χ0v) is 24.6. The second-order valence-electron chi connectivity index (χ2n) is 10.0. The lowest BCUT2D eigenvalue weighted by Crippen LogP contribution is -2.34. The van der Waals surface area contributed by atoms with Crippen LogP contribution in [0.1, 0.15) is 18.9 Å². The average molecular weight is 676 g/mol. The number of rotatable bonds is 2. The van der Waals surface area contributed by atoms with Gasteiger partial charge in [-0.3, -0.25) is 18.8 Å². The van der Waals surface area contributed by atoms with Crippen LogP contribution in [0, 0.1) is 0 Å². The third kappa shape index (κ3) is 5.31. The van der Waals surface area contributed by atoms with Gasteiger partial charge in [-0.25, -0.2) is 18.9 Å². The minimum Gasteiger partial charge on any atom is -0.383 e. The molecule has 7 rings (SSSR count). The lowest BCUT2D eigenvalue weighted by atomic mass is 10.1. The Morgan fingerprint density at radius 1 is 1.09 bits per heavy atom. The number of ether oxygens (including phenoxy) is 2. The molecule has 2 unspecified atom stereocenters. The van der Waals surface area contributed by atoms with E-state index in [2.05, 4.69) is 30.2 Å². The molecular weight excluding hydrogens is 653 g/mol. The first-order chi connectivity index (χ1) is 20.9. The summed E-state index contributed by atoms with van der Waals surface area (Å²) < 4.78 is 64.9. The molecule has 0 aliphatic carbocycles. The zero-order chi connectivity index (χ0) is 31.0. The van der Waals surface area contributed by atoms with Crippen molar-refractivity contribution in [1.82, 2.24) is 39.5 Å². The largest absolute Gasteiger partial charge is 0.472 e. The summed E-state index contributed by atoms with van der Waals surface area (Å²) in [5.41, 5.74) is 10.9. The first-order valence-electron chi connectivity index (χ1n) is 12.8. The van der Waals surface area contributed by atoms with E-state index in [0.29, 0.717) is 5.39 Å². The summed E-state index contributed by atoms with van der Waals surface area (Å²) in [4.78, 5) is 48.2. The highest BCUT2D eigenvalue weighted by molar-refractivity contribution is 8.07. The predicted molar refractivity (Wildman–Crippen MR) is 148 cm³/mol. The first kappa shape index (κ1) is 29.7. The smallest absolute Gasteiger partial charge is 0.383 e. The molecule has 9 atom stereocenters. The number of nitrogens with zero attached hydrogens (tertiary/aromatic N) is 7. The molecule has 0 radical (unpaired) electrons. The summed E-state index contributed by atoms with van der Waals surface area (Å²) in [6, 6.07) is 1.55. The quantitative estimate of drug-likeness (QED) is 0.172. The Balaban J connectivity index is 1.19. The van der Waals surface area contributed by atoms with E-state index in [1.165, 1.54) is 17.1 Å². The summed E-state index contributed by atoms with van der Waals surface area (Å²) in [7, 11) is -4.96. The van der Waals surface area contributed by atoms with Gasteiger partial charge in [0.25, 0.3) is 5.56 Å². The summed E-state index contributed by atoms with van der Waals surface area (Å²) in [5, 5.41) is 8.14. The summed E-state index contributed by atoms with van der Waals surface area (Å²) in [5.74, 6) is -0.0762. The molecule has 4 aromatic rings. The van der Waals surface area contributed by atoms with Crippen molar-refractivity contribution in [2.24, 2.45) is 0 Å². The molecule has 3 aliphatic heterocycles. The second-order valence-corrected chi connectivity index (χ2v) is 14.2. The minimum atomic E-state index is -4.96. The van der Waals surface area contributed by atoms with Gasteiger partial charge in [-0.05, 0) is 17.9 Å². The van der Waals surface area contributed by atoms with Crippen molar-refractivity contribution in [3.63, 3.8) is 0 Å². The fourth-order valence-electron chi connectivity index (χ4n) is 5.27. The number of fused-ring (bicyclic) bond motifs is 5. The Kier molecular flexibility index (Phi) is 7.29. The molecule has 24 heteroatoms. The van der Waals surface area contributed by atoms with Gasteiger partial charge in [0.2, 0.25) is 5.95 Å². The van der Waals surface area contributed by atoms with E-state index in [9.17, 15) is 19.1 Å². The number of nitrogens with one attached hydrogen (secondary N) is 1. The standard InChI is InChI=1S/C20H23FN10O10P2S/c21-11-13-10(39-19(11)30-2-1-8-14(22)24-6-25-15(8)30)5-37-43(35,44)40-9-3-7(4-36-42(33,34)41-13)38-18(9)31-16-12(28-29-31)17(32)27-20(23)26-16/h1-2,6-7,9-11,13,18-19H,3-5H2,(H,33,34)(H,35,44)(H2,22,24,25)(H3,23,26,27,32)/t7-,9+,10+,11-,13+,18+,19+,43?/m0/s1. The first-order valence-corrected chi connectivity index (χ1v) is 16.9. The van der Waals surface area contributed by atoms with Crippen LogP contribution in [0.4, 0.5) is 16.2 Å². The van der Waals surface area contributed by atoms with Crippen LogP contribution in [-0.2, 0) is 43.9 Å². The van der Waals surface area contributed by atoms with Gasteiger partial charge in [-0.1, -0.05) is 5.21 Å². The maximum atomic E-state index is 15.9. The van der Waals surface area contributed by atoms with E-state index in [0.717, 1.165) is 4.68 Å². The van der Waals surface area contributed by atoms with E-state index in [1.807, 2.05) is 0 Å². The molecule has 7 N–H and O–H groups in total. The maximum Gasteiger partial charge on any atom is 0.472 e. The maximum absolute atomic E-state index is 15.9. The van der Waals surface area contributed by atoms with Crippen LogP contribution >= 0.6 is 14.5 Å². The summed E-state index contributed by atoms with van der Waals surface area (Å²) in [6.07, 6.45) is -7.27. The zero-order valence-electron chi connectivity index (χ0n) is 22.0. The van der Waals surface area contributed by atoms with Crippen LogP contribution in [0.25, 0.3) is 22.2 Å². The van der Waals surface area contributed by atoms with Crippen molar-refractivity contribution in [1.29, 1.82) is 0 Å². The number of halogens is 1. The number of nitrogens with two attached hydrogens (primary N) is 2. The van der Waals surface area contributed by atoms with Gasteiger partial charge >= 0.3 is 14.5 Å². The number of anilines is 2. The molecule has 20 nitrogen and oxygen atoms in total. The van der Waals surface area contributed by atoms with E-state index < -0.39 is 76.4 Å². The molecule has 0 spiro atoms. The van der Waals surface area contributed by atoms with E-state index in [-0.39, 0.29) is 35.0 Å². The third-order valence-electron chi connectivity index (χ3n) is 7.17. The monoisotopic (exact) mass is 676 g/mol. The van der Waals surface area contributed by atoms with Gasteiger partial charge in [-0.15, -0.1) is 5.10 Å².